The highest BCUT2D eigenvalue weighted by atomic mass is 32.1. The van der Waals surface area contributed by atoms with Gasteiger partial charge in [0.05, 0.1) is 12.0 Å². The third kappa shape index (κ3) is 2.61. The zero-order chi connectivity index (χ0) is 17.3. The van der Waals surface area contributed by atoms with Crippen LogP contribution in [0.25, 0.3) is 0 Å². The first-order valence-electron chi connectivity index (χ1n) is 7.11. The van der Waals surface area contributed by atoms with Crippen molar-refractivity contribution in [2.45, 2.75) is 12.5 Å². The first-order valence-corrected chi connectivity index (χ1v) is 7.99. The lowest BCUT2D eigenvalue weighted by Crippen LogP contribution is -2.47. The highest BCUT2D eigenvalue weighted by molar-refractivity contribution is 7.12. The lowest BCUT2D eigenvalue weighted by molar-refractivity contribution is -0.132. The maximum Gasteiger partial charge on any atom is 0.344 e. The standard InChI is InChI=1S/C16H15N3O4S/c1-16(10-5-3-6-11(9-10)23-2)14(21)19(15(22)17-16)18-13(20)12-7-4-8-24-12/h3-9H,1-2H3,(H,17,22)(H,18,20)/t16-/m1/s1. The fourth-order valence-corrected chi connectivity index (χ4v) is 3.05. The van der Waals surface area contributed by atoms with Gasteiger partial charge in [-0.1, -0.05) is 18.2 Å². The molecule has 1 aromatic carbocycles. The molecule has 2 aromatic rings. The van der Waals surface area contributed by atoms with E-state index in [0.717, 1.165) is 0 Å². The van der Waals surface area contributed by atoms with Crippen LogP contribution >= 0.6 is 11.3 Å². The summed E-state index contributed by atoms with van der Waals surface area (Å²) in [7, 11) is 1.52. The number of nitrogens with zero attached hydrogens (tertiary/aromatic N) is 1. The van der Waals surface area contributed by atoms with Gasteiger partial charge in [-0.2, -0.15) is 5.01 Å². The molecule has 1 aromatic heterocycles. The van der Waals surface area contributed by atoms with Crippen molar-refractivity contribution in [3.63, 3.8) is 0 Å². The van der Waals surface area contributed by atoms with Crippen LogP contribution in [0.15, 0.2) is 41.8 Å². The van der Waals surface area contributed by atoms with E-state index in [1.54, 1.807) is 48.7 Å². The van der Waals surface area contributed by atoms with Gasteiger partial charge in [0.2, 0.25) is 0 Å². The molecule has 1 atom stereocenters. The Balaban J connectivity index is 1.86. The molecule has 2 N–H and O–H groups in total. The zero-order valence-corrected chi connectivity index (χ0v) is 13.8. The van der Waals surface area contributed by atoms with Crippen LogP contribution < -0.4 is 15.5 Å². The van der Waals surface area contributed by atoms with E-state index >= 15 is 0 Å². The fourth-order valence-electron chi connectivity index (χ4n) is 2.43. The summed E-state index contributed by atoms with van der Waals surface area (Å²) in [6.45, 7) is 1.58. The van der Waals surface area contributed by atoms with E-state index in [9.17, 15) is 14.4 Å². The molecule has 24 heavy (non-hydrogen) atoms. The first-order chi connectivity index (χ1) is 11.5. The summed E-state index contributed by atoms with van der Waals surface area (Å²) >= 11 is 1.22. The molecule has 0 unspecified atom stereocenters. The van der Waals surface area contributed by atoms with Crippen molar-refractivity contribution in [2.24, 2.45) is 0 Å². The molecular weight excluding hydrogens is 330 g/mol. The van der Waals surface area contributed by atoms with E-state index in [1.165, 1.54) is 18.4 Å². The van der Waals surface area contributed by atoms with Crippen LogP contribution in [0.2, 0.25) is 0 Å². The van der Waals surface area contributed by atoms with Crippen LogP contribution in [0.3, 0.4) is 0 Å². The van der Waals surface area contributed by atoms with Gasteiger partial charge in [0.15, 0.2) is 0 Å². The molecule has 1 aliphatic heterocycles. The summed E-state index contributed by atoms with van der Waals surface area (Å²) in [6.07, 6.45) is 0. The van der Waals surface area contributed by atoms with Crippen molar-refractivity contribution in [3.8, 4) is 5.75 Å². The van der Waals surface area contributed by atoms with Gasteiger partial charge in [-0.25, -0.2) is 4.79 Å². The Labute approximate surface area is 142 Å². The third-order valence-electron chi connectivity index (χ3n) is 3.80. The predicted octanol–water partition coefficient (Wildman–Crippen LogP) is 1.87. The van der Waals surface area contributed by atoms with Crippen LogP contribution in [-0.2, 0) is 10.3 Å². The van der Waals surface area contributed by atoms with E-state index < -0.39 is 23.4 Å². The van der Waals surface area contributed by atoms with Crippen LogP contribution in [-0.4, -0.2) is 30.0 Å². The maximum absolute atomic E-state index is 12.7. The average Bonchev–Trinajstić information content (AvgIpc) is 3.19. The molecule has 8 heteroatoms. The normalized spacial score (nSPS) is 20.0. The van der Waals surface area contributed by atoms with Crippen LogP contribution in [0.1, 0.15) is 22.2 Å². The van der Waals surface area contributed by atoms with E-state index in [4.69, 9.17) is 4.74 Å². The van der Waals surface area contributed by atoms with Gasteiger partial charge < -0.3 is 10.1 Å². The molecule has 0 radical (unpaired) electrons. The quantitative estimate of drug-likeness (QED) is 0.828. The number of hydrazine groups is 1. The number of methoxy groups -OCH3 is 1. The Morgan fingerprint density at radius 1 is 1.29 bits per heavy atom. The zero-order valence-electron chi connectivity index (χ0n) is 13.0. The Bertz CT molecular complexity index is 805. The Morgan fingerprint density at radius 2 is 2.08 bits per heavy atom. The second-order valence-corrected chi connectivity index (χ2v) is 6.29. The largest absolute Gasteiger partial charge is 0.497 e. The summed E-state index contributed by atoms with van der Waals surface area (Å²) in [6, 6.07) is 9.49. The van der Waals surface area contributed by atoms with Gasteiger partial charge in [-0.05, 0) is 36.1 Å². The van der Waals surface area contributed by atoms with Crippen molar-refractivity contribution in [3.05, 3.63) is 52.2 Å². The number of carbonyl (C=O) groups excluding carboxylic acids is 3. The molecule has 1 aliphatic rings. The molecule has 3 rings (SSSR count). The highest BCUT2D eigenvalue weighted by Crippen LogP contribution is 2.30. The molecular formula is C16H15N3O4S. The van der Waals surface area contributed by atoms with Crippen molar-refractivity contribution in [1.82, 2.24) is 15.8 Å². The molecule has 0 saturated carbocycles. The number of hydrogen-bond acceptors (Lipinski definition) is 5. The number of ether oxygens (including phenoxy) is 1. The topological polar surface area (TPSA) is 87.7 Å². The molecule has 4 amide bonds. The molecule has 1 saturated heterocycles. The van der Waals surface area contributed by atoms with E-state index in [-0.39, 0.29) is 0 Å². The number of hydrogen-bond donors (Lipinski definition) is 2. The Kier molecular flexibility index (Phi) is 3.98. The van der Waals surface area contributed by atoms with Crippen LogP contribution in [0.4, 0.5) is 4.79 Å². The van der Waals surface area contributed by atoms with Crippen LogP contribution in [0.5, 0.6) is 5.75 Å². The minimum absolute atomic E-state index is 0.408. The number of nitrogens with one attached hydrogen (secondary N) is 2. The first kappa shape index (κ1) is 16.0. The Morgan fingerprint density at radius 3 is 2.75 bits per heavy atom. The predicted molar refractivity (Wildman–Crippen MR) is 87.5 cm³/mol. The van der Waals surface area contributed by atoms with Crippen LogP contribution in [0, 0.1) is 0 Å². The van der Waals surface area contributed by atoms with Gasteiger partial charge in [0.25, 0.3) is 11.8 Å². The Hall–Kier alpha value is -2.87. The molecule has 124 valence electrons. The number of urea groups is 1. The lowest BCUT2D eigenvalue weighted by Gasteiger charge is -2.22. The van der Waals surface area contributed by atoms with Gasteiger partial charge in [-0.15, -0.1) is 11.3 Å². The number of amides is 4. The second kappa shape index (κ2) is 5.97. The molecule has 0 spiro atoms. The van der Waals surface area contributed by atoms with Gasteiger partial charge in [0, 0.05) is 0 Å². The van der Waals surface area contributed by atoms with Gasteiger partial charge in [-0.3, -0.25) is 15.0 Å². The molecule has 0 bridgehead atoms. The monoisotopic (exact) mass is 345 g/mol. The highest BCUT2D eigenvalue weighted by Gasteiger charge is 2.50. The maximum atomic E-state index is 12.7. The van der Waals surface area contributed by atoms with Crippen molar-refractivity contribution in [1.29, 1.82) is 0 Å². The van der Waals surface area contributed by atoms with E-state index in [0.29, 0.717) is 21.2 Å². The van der Waals surface area contributed by atoms with Crippen molar-refractivity contribution in [2.75, 3.05) is 7.11 Å². The second-order valence-electron chi connectivity index (χ2n) is 5.35. The molecule has 0 aliphatic carbocycles. The van der Waals surface area contributed by atoms with Crippen molar-refractivity contribution < 1.29 is 19.1 Å². The average molecular weight is 345 g/mol. The van der Waals surface area contributed by atoms with E-state index in [1.807, 2.05) is 0 Å². The fraction of sp³-hybridized carbons (Fsp3) is 0.188. The number of rotatable bonds is 4. The summed E-state index contributed by atoms with van der Waals surface area (Å²) in [5.74, 6) is -0.508. The summed E-state index contributed by atoms with van der Waals surface area (Å²) in [5, 5.41) is 5.07. The summed E-state index contributed by atoms with van der Waals surface area (Å²) in [5.41, 5.74) is 1.63. The molecule has 7 nitrogen and oxygen atoms in total. The smallest absolute Gasteiger partial charge is 0.344 e. The minimum atomic E-state index is -1.28. The minimum Gasteiger partial charge on any atom is -0.497 e. The third-order valence-corrected chi connectivity index (χ3v) is 4.66. The van der Waals surface area contributed by atoms with Crippen molar-refractivity contribution >= 4 is 29.2 Å². The molecule has 1 fully saturated rings. The van der Waals surface area contributed by atoms with E-state index in [2.05, 4.69) is 10.7 Å². The lowest BCUT2D eigenvalue weighted by atomic mass is 9.92. The summed E-state index contributed by atoms with van der Waals surface area (Å²) in [4.78, 5) is 37.4. The van der Waals surface area contributed by atoms with Gasteiger partial charge in [0.1, 0.15) is 11.3 Å². The number of carbonyl (C=O) groups is 3. The number of imide groups is 1. The van der Waals surface area contributed by atoms with Gasteiger partial charge >= 0.3 is 6.03 Å². The number of thiophene rings is 1. The molecule has 2 heterocycles. The number of benzene rings is 1. The SMILES string of the molecule is COc1cccc([C@@]2(C)NC(=O)N(NC(=O)c3cccs3)C2=O)c1. The summed E-state index contributed by atoms with van der Waals surface area (Å²) < 4.78 is 5.16.